The lowest BCUT2D eigenvalue weighted by molar-refractivity contribution is 0.778. The van der Waals surface area contributed by atoms with E-state index in [9.17, 15) is 0 Å². The van der Waals surface area contributed by atoms with Crippen LogP contribution >= 0.6 is 0 Å². The summed E-state index contributed by atoms with van der Waals surface area (Å²) in [6.45, 7) is 11.6. The average Bonchev–Trinajstić information content (AvgIpc) is 2.23. The molecule has 0 aliphatic heterocycles. The van der Waals surface area contributed by atoms with E-state index in [2.05, 4.69) is 45.7 Å². The summed E-state index contributed by atoms with van der Waals surface area (Å²) in [4.78, 5) is 4.35. The van der Waals surface area contributed by atoms with Gasteiger partial charge in [0, 0.05) is 6.54 Å². The van der Waals surface area contributed by atoms with Gasteiger partial charge in [-0.3, -0.25) is 4.99 Å². The van der Waals surface area contributed by atoms with Gasteiger partial charge >= 0.3 is 0 Å². The zero-order chi connectivity index (χ0) is 13.3. The highest BCUT2D eigenvalue weighted by atomic mass is 14.8. The number of nitrogens with zero attached hydrogens (tertiary/aromatic N) is 1. The third-order valence-corrected chi connectivity index (χ3v) is 2.59. The molecule has 0 unspecified atom stereocenters. The van der Waals surface area contributed by atoms with Crippen molar-refractivity contribution in [3.8, 4) is 0 Å². The molecular weight excluding hydrogens is 208 g/mol. The van der Waals surface area contributed by atoms with Crippen LogP contribution < -0.4 is 5.73 Å². The van der Waals surface area contributed by atoms with Crippen LogP contribution in [0.25, 0.3) is 0 Å². The van der Waals surface area contributed by atoms with Gasteiger partial charge in [-0.2, -0.15) is 0 Å². The fourth-order valence-electron chi connectivity index (χ4n) is 1.62. The van der Waals surface area contributed by atoms with Crippen molar-refractivity contribution in [1.82, 2.24) is 0 Å². The summed E-state index contributed by atoms with van der Waals surface area (Å²) >= 11 is 0. The molecular formula is C15H28N2. The van der Waals surface area contributed by atoms with Crippen LogP contribution in [0.5, 0.6) is 0 Å². The van der Waals surface area contributed by atoms with E-state index in [0.717, 1.165) is 25.8 Å². The number of hydrogen-bond donors (Lipinski definition) is 1. The second-order valence-corrected chi connectivity index (χ2v) is 5.01. The smallest absolute Gasteiger partial charge is 0.118 e. The first-order valence-corrected chi connectivity index (χ1v) is 6.60. The Bertz CT molecular complexity index is 296. The third kappa shape index (κ3) is 9.86. The Kier molecular flexibility index (Phi) is 8.47. The van der Waals surface area contributed by atoms with E-state index in [4.69, 9.17) is 5.73 Å². The topological polar surface area (TPSA) is 38.4 Å². The van der Waals surface area contributed by atoms with Gasteiger partial charge in [0.25, 0.3) is 0 Å². The number of allylic oxidation sites excluding steroid dienone is 3. The lowest BCUT2D eigenvalue weighted by Gasteiger charge is -2.02. The van der Waals surface area contributed by atoms with Crippen molar-refractivity contribution in [3.05, 3.63) is 23.3 Å². The Morgan fingerprint density at radius 3 is 2.41 bits per heavy atom. The molecule has 0 radical (unpaired) electrons. The van der Waals surface area contributed by atoms with Crippen LogP contribution in [0.2, 0.25) is 0 Å². The van der Waals surface area contributed by atoms with Crippen LogP contribution in [0.15, 0.2) is 28.3 Å². The van der Waals surface area contributed by atoms with Crippen LogP contribution in [0, 0.1) is 5.92 Å². The number of rotatable bonds is 7. The number of nitrogens with two attached hydrogens (primary N) is 1. The number of aliphatic imine (C=N–C) groups is 1. The first-order valence-electron chi connectivity index (χ1n) is 6.60. The molecule has 0 aromatic rings. The minimum absolute atomic E-state index is 0.638. The van der Waals surface area contributed by atoms with E-state index >= 15 is 0 Å². The molecule has 0 saturated carbocycles. The van der Waals surface area contributed by atoms with Gasteiger partial charge in [-0.25, -0.2) is 0 Å². The van der Waals surface area contributed by atoms with Gasteiger partial charge < -0.3 is 5.73 Å². The molecule has 98 valence electrons. The zero-order valence-electron chi connectivity index (χ0n) is 12.1. The van der Waals surface area contributed by atoms with E-state index in [1.807, 2.05) is 6.08 Å². The molecule has 0 atom stereocenters. The number of hydrogen-bond acceptors (Lipinski definition) is 1. The Morgan fingerprint density at radius 2 is 1.88 bits per heavy atom. The Hall–Kier alpha value is -1.05. The number of amidine groups is 1. The quantitative estimate of drug-likeness (QED) is 0.307. The third-order valence-electron chi connectivity index (χ3n) is 2.59. The first-order chi connectivity index (χ1) is 7.95. The van der Waals surface area contributed by atoms with E-state index in [1.165, 1.54) is 11.1 Å². The van der Waals surface area contributed by atoms with Crippen LogP contribution in [-0.2, 0) is 0 Å². The average molecular weight is 236 g/mol. The fraction of sp³-hybridized carbons (Fsp3) is 0.667. The Morgan fingerprint density at radius 1 is 1.24 bits per heavy atom. The molecule has 0 aliphatic rings. The summed E-state index contributed by atoms with van der Waals surface area (Å²) in [6, 6.07) is 0. The predicted molar refractivity (Wildman–Crippen MR) is 78.4 cm³/mol. The molecule has 2 nitrogen and oxygen atoms in total. The van der Waals surface area contributed by atoms with E-state index < -0.39 is 0 Å². The van der Waals surface area contributed by atoms with Gasteiger partial charge in [-0.1, -0.05) is 38.0 Å². The van der Waals surface area contributed by atoms with Gasteiger partial charge in [0.1, 0.15) is 5.84 Å². The highest BCUT2D eigenvalue weighted by molar-refractivity contribution is 5.91. The van der Waals surface area contributed by atoms with Gasteiger partial charge in [0.2, 0.25) is 0 Å². The lowest BCUT2D eigenvalue weighted by atomic mass is 10.1. The van der Waals surface area contributed by atoms with Gasteiger partial charge in [0.15, 0.2) is 0 Å². The molecule has 0 aromatic heterocycles. The van der Waals surface area contributed by atoms with Gasteiger partial charge in [-0.15, -0.1) is 0 Å². The lowest BCUT2D eigenvalue weighted by Crippen LogP contribution is -2.09. The summed E-state index contributed by atoms with van der Waals surface area (Å²) in [6.07, 6.45) is 7.51. The maximum Gasteiger partial charge on any atom is 0.118 e. The second kappa shape index (κ2) is 9.03. The van der Waals surface area contributed by atoms with Gasteiger partial charge in [-0.05, 0) is 45.1 Å². The molecule has 17 heavy (non-hydrogen) atoms. The zero-order valence-corrected chi connectivity index (χ0v) is 12.1. The molecule has 0 aromatic carbocycles. The monoisotopic (exact) mass is 236 g/mol. The minimum Gasteiger partial charge on any atom is -0.384 e. The summed E-state index contributed by atoms with van der Waals surface area (Å²) in [5, 5.41) is 0. The molecule has 2 heteroatoms. The SMILES string of the molecule is CC/C(C)=C\C(N)=NCCC/C(C)=C/C(C)C. The molecule has 0 spiro atoms. The maximum absolute atomic E-state index is 5.81. The second-order valence-electron chi connectivity index (χ2n) is 5.01. The van der Waals surface area contributed by atoms with Crippen LogP contribution in [-0.4, -0.2) is 12.4 Å². The minimum atomic E-state index is 0.638. The fourth-order valence-corrected chi connectivity index (χ4v) is 1.62. The molecule has 0 amide bonds. The summed E-state index contributed by atoms with van der Waals surface area (Å²) in [5.41, 5.74) is 8.54. The maximum atomic E-state index is 5.81. The standard InChI is InChI=1S/C15H28N2/c1-6-13(4)11-15(16)17-9-7-8-14(5)10-12(2)3/h10-12H,6-9H2,1-5H3,(H2,16,17)/b13-11-,14-10+. The summed E-state index contributed by atoms with van der Waals surface area (Å²) in [5.74, 6) is 1.30. The summed E-state index contributed by atoms with van der Waals surface area (Å²) in [7, 11) is 0. The largest absolute Gasteiger partial charge is 0.384 e. The molecule has 0 saturated heterocycles. The molecule has 0 bridgehead atoms. The van der Waals surface area contributed by atoms with Crippen molar-refractivity contribution in [2.75, 3.05) is 6.54 Å². The van der Waals surface area contributed by atoms with Crippen LogP contribution in [0.1, 0.15) is 53.9 Å². The van der Waals surface area contributed by atoms with Crippen LogP contribution in [0.3, 0.4) is 0 Å². The highest BCUT2D eigenvalue weighted by Gasteiger charge is 1.93. The molecule has 2 N–H and O–H groups in total. The van der Waals surface area contributed by atoms with Crippen molar-refractivity contribution in [2.45, 2.75) is 53.9 Å². The summed E-state index contributed by atoms with van der Waals surface area (Å²) < 4.78 is 0. The van der Waals surface area contributed by atoms with E-state index in [-0.39, 0.29) is 0 Å². The highest BCUT2D eigenvalue weighted by Crippen LogP contribution is 2.08. The van der Waals surface area contributed by atoms with E-state index in [0.29, 0.717) is 11.8 Å². The van der Waals surface area contributed by atoms with Crippen molar-refractivity contribution in [1.29, 1.82) is 0 Å². The molecule has 0 fully saturated rings. The van der Waals surface area contributed by atoms with Crippen molar-refractivity contribution < 1.29 is 0 Å². The Labute approximate surface area is 107 Å². The molecule has 0 aliphatic carbocycles. The Balaban J connectivity index is 3.95. The predicted octanol–water partition coefficient (Wildman–Crippen LogP) is 4.08. The van der Waals surface area contributed by atoms with Gasteiger partial charge in [0.05, 0.1) is 0 Å². The first kappa shape index (κ1) is 16.0. The normalized spacial score (nSPS) is 14.6. The van der Waals surface area contributed by atoms with Crippen molar-refractivity contribution >= 4 is 5.84 Å². The molecule has 0 heterocycles. The van der Waals surface area contributed by atoms with Crippen LogP contribution in [0.4, 0.5) is 0 Å². The van der Waals surface area contributed by atoms with Crippen molar-refractivity contribution in [2.24, 2.45) is 16.6 Å². The van der Waals surface area contributed by atoms with E-state index in [1.54, 1.807) is 0 Å². The van der Waals surface area contributed by atoms with Crippen molar-refractivity contribution in [3.63, 3.8) is 0 Å². The molecule has 0 rings (SSSR count).